The number of amides is 1. The predicted molar refractivity (Wildman–Crippen MR) is 115 cm³/mol. The number of rotatable bonds is 2. The lowest BCUT2D eigenvalue weighted by molar-refractivity contribution is 0.0675. The zero-order valence-corrected chi connectivity index (χ0v) is 16.6. The first-order valence-electron chi connectivity index (χ1n) is 9.95. The van der Waals surface area contributed by atoms with Gasteiger partial charge < -0.3 is 19.4 Å². The predicted octanol–water partition coefficient (Wildman–Crippen LogP) is 4.58. The van der Waals surface area contributed by atoms with Crippen molar-refractivity contribution >= 4 is 12.1 Å². The first-order valence-corrected chi connectivity index (χ1v) is 9.95. The highest BCUT2D eigenvalue weighted by atomic mass is 16.5. The van der Waals surface area contributed by atoms with E-state index in [1.54, 1.807) is 48.5 Å². The Labute approximate surface area is 182 Å². The topological polar surface area (TPSA) is 95.5 Å². The normalized spacial score (nSPS) is 15.5. The number of aromatic hydroxyl groups is 2. The molecule has 156 valence electrons. The van der Waals surface area contributed by atoms with Crippen LogP contribution in [-0.2, 0) is 5.54 Å². The number of hydrazone groups is 1. The van der Waals surface area contributed by atoms with Crippen LogP contribution in [0.5, 0.6) is 23.0 Å². The summed E-state index contributed by atoms with van der Waals surface area (Å²) in [6.45, 7) is 0. The number of nitrogens with zero attached hydrogens (tertiary/aromatic N) is 2. The smallest absolute Gasteiger partial charge is 0.275 e. The fraction of sp³-hybridized carbons (Fsp3) is 0.0400. The summed E-state index contributed by atoms with van der Waals surface area (Å²) in [5.74, 6) is 0.976. The van der Waals surface area contributed by atoms with Gasteiger partial charge in [-0.1, -0.05) is 18.2 Å². The second kappa shape index (κ2) is 6.49. The van der Waals surface area contributed by atoms with Gasteiger partial charge in [0.05, 0.1) is 12.5 Å². The number of phenolic OH excluding ortho intramolecular Hbond substituents is 2. The monoisotopic (exact) mass is 424 g/mol. The van der Waals surface area contributed by atoms with Gasteiger partial charge >= 0.3 is 0 Å². The first-order chi connectivity index (χ1) is 15.6. The lowest BCUT2D eigenvalue weighted by atomic mass is 9.75. The van der Waals surface area contributed by atoms with Crippen molar-refractivity contribution in [2.75, 3.05) is 0 Å². The molecule has 0 bridgehead atoms. The van der Waals surface area contributed by atoms with Crippen molar-refractivity contribution in [3.8, 4) is 23.0 Å². The third-order valence-corrected chi connectivity index (χ3v) is 5.83. The number of hydrogen-bond donors (Lipinski definition) is 2. The summed E-state index contributed by atoms with van der Waals surface area (Å²) in [7, 11) is 0. The van der Waals surface area contributed by atoms with Gasteiger partial charge in [-0.2, -0.15) is 5.10 Å². The van der Waals surface area contributed by atoms with E-state index < -0.39 is 5.54 Å². The van der Waals surface area contributed by atoms with Crippen molar-refractivity contribution in [2.24, 2.45) is 5.10 Å². The molecule has 0 fully saturated rings. The van der Waals surface area contributed by atoms with Crippen LogP contribution < -0.4 is 4.74 Å². The fourth-order valence-corrected chi connectivity index (χ4v) is 4.55. The molecule has 0 radical (unpaired) electrons. The number of phenols is 2. The number of furan rings is 1. The van der Waals surface area contributed by atoms with Crippen molar-refractivity contribution in [1.29, 1.82) is 0 Å². The van der Waals surface area contributed by atoms with Crippen LogP contribution >= 0.6 is 0 Å². The van der Waals surface area contributed by atoms with Crippen LogP contribution in [0.2, 0.25) is 0 Å². The largest absolute Gasteiger partial charge is 0.508 e. The molecule has 6 rings (SSSR count). The van der Waals surface area contributed by atoms with E-state index in [1.165, 1.54) is 29.6 Å². The Morgan fingerprint density at radius 1 is 0.844 bits per heavy atom. The minimum Gasteiger partial charge on any atom is -0.508 e. The molecule has 0 aliphatic carbocycles. The molecule has 7 nitrogen and oxygen atoms in total. The zero-order valence-electron chi connectivity index (χ0n) is 16.6. The molecule has 4 aromatic rings. The van der Waals surface area contributed by atoms with Crippen LogP contribution in [0.3, 0.4) is 0 Å². The molecule has 0 atom stereocenters. The summed E-state index contributed by atoms with van der Waals surface area (Å²) in [6.07, 6.45) is 3.02. The van der Waals surface area contributed by atoms with E-state index in [9.17, 15) is 15.0 Å². The quantitative estimate of drug-likeness (QED) is 0.460. The van der Waals surface area contributed by atoms with Gasteiger partial charge in [-0.15, -0.1) is 0 Å². The Bertz CT molecular complexity index is 1360. The van der Waals surface area contributed by atoms with E-state index in [1.807, 2.05) is 12.1 Å². The summed E-state index contributed by atoms with van der Waals surface area (Å²) >= 11 is 0. The van der Waals surface area contributed by atoms with Crippen molar-refractivity contribution < 1.29 is 24.2 Å². The van der Waals surface area contributed by atoms with Crippen LogP contribution in [0, 0.1) is 0 Å². The molecular weight excluding hydrogens is 408 g/mol. The average Bonchev–Trinajstić information content (AvgIpc) is 3.38. The van der Waals surface area contributed by atoms with Crippen molar-refractivity contribution in [3.05, 3.63) is 107 Å². The number of benzene rings is 3. The SMILES string of the molecule is O=C1c2ccccc2C2(c3ccc(O)cc3Oc3cc(O)ccc32)N1/N=C/c1ccco1. The standard InChI is InChI=1S/C25H16N2O5/c28-15-7-9-20-22(12-15)32-23-13-16(29)8-10-21(23)25(20)19-6-2-1-5-18(19)24(30)27(25)26-14-17-4-3-11-31-17/h1-14,28-29H/b26-14+. The molecule has 32 heavy (non-hydrogen) atoms. The van der Waals surface area contributed by atoms with E-state index in [0.29, 0.717) is 33.9 Å². The van der Waals surface area contributed by atoms with Crippen LogP contribution in [0.25, 0.3) is 0 Å². The molecule has 2 aliphatic rings. The Balaban J connectivity index is 1.71. The van der Waals surface area contributed by atoms with Gasteiger partial charge in [-0.3, -0.25) is 4.79 Å². The van der Waals surface area contributed by atoms with Crippen LogP contribution in [0.15, 0.2) is 88.6 Å². The number of carbonyl (C=O) groups excluding carboxylic acids is 1. The van der Waals surface area contributed by atoms with Crippen molar-refractivity contribution in [2.45, 2.75) is 5.54 Å². The molecule has 1 aromatic heterocycles. The third kappa shape index (κ3) is 2.36. The van der Waals surface area contributed by atoms with Gasteiger partial charge in [0.15, 0.2) is 0 Å². The third-order valence-electron chi connectivity index (χ3n) is 5.83. The maximum Gasteiger partial charge on any atom is 0.275 e. The van der Waals surface area contributed by atoms with Gasteiger partial charge in [0, 0.05) is 34.4 Å². The first kappa shape index (κ1) is 18.3. The summed E-state index contributed by atoms with van der Waals surface area (Å²) in [4.78, 5) is 13.6. The Kier molecular flexibility index (Phi) is 3.70. The van der Waals surface area contributed by atoms with E-state index in [4.69, 9.17) is 9.15 Å². The lowest BCUT2D eigenvalue weighted by Crippen LogP contribution is -2.44. The van der Waals surface area contributed by atoms with Crippen molar-refractivity contribution in [3.63, 3.8) is 0 Å². The Morgan fingerprint density at radius 3 is 2.19 bits per heavy atom. The molecule has 2 aliphatic heterocycles. The maximum atomic E-state index is 13.6. The number of hydrogen-bond acceptors (Lipinski definition) is 6. The zero-order chi connectivity index (χ0) is 21.9. The second-order valence-electron chi connectivity index (χ2n) is 7.60. The Morgan fingerprint density at radius 2 is 1.53 bits per heavy atom. The summed E-state index contributed by atoms with van der Waals surface area (Å²) in [5, 5.41) is 26.2. The number of fused-ring (bicyclic) bond motifs is 6. The highest BCUT2D eigenvalue weighted by Gasteiger charge is 2.57. The lowest BCUT2D eigenvalue weighted by Gasteiger charge is -2.41. The van der Waals surface area contributed by atoms with Crippen LogP contribution in [0.1, 0.15) is 32.8 Å². The molecule has 1 amide bonds. The maximum absolute atomic E-state index is 13.6. The average molecular weight is 424 g/mol. The van der Waals surface area contributed by atoms with Crippen LogP contribution in [-0.4, -0.2) is 27.3 Å². The molecule has 3 heterocycles. The minimum atomic E-state index is -1.17. The van der Waals surface area contributed by atoms with E-state index >= 15 is 0 Å². The highest BCUT2D eigenvalue weighted by Crippen LogP contribution is 2.58. The summed E-state index contributed by atoms with van der Waals surface area (Å²) < 4.78 is 11.4. The molecule has 3 aromatic carbocycles. The minimum absolute atomic E-state index is 0.0192. The molecular formula is C25H16N2O5. The van der Waals surface area contributed by atoms with Gasteiger partial charge in [0.25, 0.3) is 5.91 Å². The fourth-order valence-electron chi connectivity index (χ4n) is 4.55. The summed E-state index contributed by atoms with van der Waals surface area (Å²) in [6, 6.07) is 20.3. The number of ether oxygens (including phenoxy) is 1. The van der Waals surface area contributed by atoms with Gasteiger partial charge in [0.1, 0.15) is 34.3 Å². The molecule has 7 heteroatoms. The van der Waals surface area contributed by atoms with E-state index in [-0.39, 0.29) is 17.4 Å². The van der Waals surface area contributed by atoms with Gasteiger partial charge in [-0.25, -0.2) is 5.01 Å². The molecule has 0 saturated carbocycles. The molecule has 1 spiro atoms. The molecule has 0 saturated heterocycles. The molecule has 2 N–H and O–H groups in total. The molecule has 0 unspecified atom stereocenters. The van der Waals surface area contributed by atoms with E-state index in [0.717, 1.165) is 5.56 Å². The van der Waals surface area contributed by atoms with Crippen molar-refractivity contribution in [1.82, 2.24) is 5.01 Å². The van der Waals surface area contributed by atoms with Gasteiger partial charge in [0.2, 0.25) is 0 Å². The van der Waals surface area contributed by atoms with E-state index in [2.05, 4.69) is 5.10 Å². The second-order valence-corrected chi connectivity index (χ2v) is 7.60. The highest BCUT2D eigenvalue weighted by molar-refractivity contribution is 6.02. The summed E-state index contributed by atoms with van der Waals surface area (Å²) in [5.41, 5.74) is 1.35. The number of carbonyl (C=O) groups is 1. The Hall–Kier alpha value is -4.52. The van der Waals surface area contributed by atoms with Crippen LogP contribution in [0.4, 0.5) is 0 Å². The van der Waals surface area contributed by atoms with Gasteiger partial charge in [-0.05, 0) is 42.5 Å².